The number of halogens is 3. The van der Waals surface area contributed by atoms with Gasteiger partial charge in [0, 0.05) is 11.4 Å². The van der Waals surface area contributed by atoms with Crippen LogP contribution in [0.1, 0.15) is 29.7 Å². The molecule has 1 aliphatic rings. The van der Waals surface area contributed by atoms with Crippen molar-refractivity contribution >= 4 is 23.6 Å². The number of nitrogens with two attached hydrogens (primary N) is 1. The second-order valence-electron chi connectivity index (χ2n) is 8.31. The van der Waals surface area contributed by atoms with Gasteiger partial charge in [0.1, 0.15) is 12.6 Å². The van der Waals surface area contributed by atoms with E-state index in [-0.39, 0.29) is 23.6 Å². The van der Waals surface area contributed by atoms with Crippen molar-refractivity contribution in [2.75, 3.05) is 11.5 Å². The number of ether oxygens (including phenoxy) is 1. The topological polar surface area (TPSA) is 124 Å². The van der Waals surface area contributed by atoms with E-state index in [2.05, 4.69) is 13.2 Å². The van der Waals surface area contributed by atoms with E-state index in [9.17, 15) is 28.0 Å². The minimum Gasteiger partial charge on any atom is -0.457 e. The van der Waals surface area contributed by atoms with Crippen LogP contribution in [-0.4, -0.2) is 29.5 Å². The van der Waals surface area contributed by atoms with Crippen LogP contribution in [0.3, 0.4) is 0 Å². The smallest absolute Gasteiger partial charge is 0.416 e. The standard InChI is InChI=1S/C28H24F3N5O3/c1-4-7-18(5-2)16-39-25(37)23-17(3)35(22-9-6-8-21(14-22)28(29,30)31)26(33)36(27(34)38)24(23)20-12-10-19(15-32)11-13-20/h4-14,24,33H,1-2,16H2,3H3,(H2,34,38)/b18-7+,33-26?. The van der Waals surface area contributed by atoms with Crippen molar-refractivity contribution in [2.24, 2.45) is 5.73 Å². The Hall–Kier alpha value is -5.11. The molecule has 1 aliphatic heterocycles. The maximum absolute atomic E-state index is 13.5. The summed E-state index contributed by atoms with van der Waals surface area (Å²) < 4.78 is 45.9. The van der Waals surface area contributed by atoms with Crippen molar-refractivity contribution in [1.29, 1.82) is 10.7 Å². The lowest BCUT2D eigenvalue weighted by Crippen LogP contribution is -2.55. The lowest BCUT2D eigenvalue weighted by atomic mass is 9.92. The maximum Gasteiger partial charge on any atom is 0.416 e. The number of benzene rings is 2. The van der Waals surface area contributed by atoms with Crippen molar-refractivity contribution in [3.8, 4) is 6.07 Å². The summed E-state index contributed by atoms with van der Waals surface area (Å²) in [5, 5.41) is 17.9. The predicted molar refractivity (Wildman–Crippen MR) is 139 cm³/mol. The Morgan fingerprint density at radius 2 is 1.87 bits per heavy atom. The second kappa shape index (κ2) is 11.5. The average molecular weight is 536 g/mol. The number of nitriles is 1. The third-order valence-corrected chi connectivity index (χ3v) is 5.91. The summed E-state index contributed by atoms with van der Waals surface area (Å²) in [4.78, 5) is 28.0. The molecule has 1 unspecified atom stereocenters. The highest BCUT2D eigenvalue weighted by Gasteiger charge is 2.44. The number of primary amides is 1. The van der Waals surface area contributed by atoms with Gasteiger partial charge in [-0.25, -0.2) is 9.59 Å². The van der Waals surface area contributed by atoms with E-state index < -0.39 is 35.7 Å². The minimum absolute atomic E-state index is 0.0454. The number of carbonyl (C=O) groups excluding carboxylic acids is 2. The molecule has 0 spiro atoms. The monoisotopic (exact) mass is 535 g/mol. The van der Waals surface area contributed by atoms with E-state index in [1.807, 2.05) is 6.07 Å². The number of esters is 1. The third-order valence-electron chi connectivity index (χ3n) is 5.91. The molecule has 0 saturated heterocycles. The Labute approximate surface area is 222 Å². The molecule has 1 atom stereocenters. The SMILES string of the molecule is C=C/C=C(\C=C)COC(=O)C1=C(C)N(c2cccc(C(F)(F)F)c2)C(=N)N(C(N)=O)C1c1ccc(C#N)cc1. The highest BCUT2D eigenvalue weighted by Crippen LogP contribution is 2.41. The fourth-order valence-electron chi connectivity index (χ4n) is 4.07. The van der Waals surface area contributed by atoms with Gasteiger partial charge in [0.05, 0.1) is 22.8 Å². The van der Waals surface area contributed by atoms with Crippen LogP contribution in [0, 0.1) is 16.7 Å². The van der Waals surface area contributed by atoms with Crippen LogP contribution in [0.25, 0.3) is 0 Å². The summed E-state index contributed by atoms with van der Waals surface area (Å²) in [5.41, 5.74) is 5.57. The van der Waals surface area contributed by atoms with Crippen LogP contribution in [0.5, 0.6) is 0 Å². The van der Waals surface area contributed by atoms with E-state index >= 15 is 0 Å². The van der Waals surface area contributed by atoms with Gasteiger partial charge in [-0.05, 0) is 48.4 Å². The van der Waals surface area contributed by atoms with Crippen molar-refractivity contribution < 1.29 is 27.5 Å². The Morgan fingerprint density at radius 1 is 1.21 bits per heavy atom. The largest absolute Gasteiger partial charge is 0.457 e. The van der Waals surface area contributed by atoms with E-state index in [0.717, 1.165) is 28.0 Å². The van der Waals surface area contributed by atoms with Gasteiger partial charge in [-0.1, -0.05) is 49.6 Å². The van der Waals surface area contributed by atoms with E-state index in [1.165, 1.54) is 49.4 Å². The average Bonchev–Trinajstić information content (AvgIpc) is 2.90. The van der Waals surface area contributed by atoms with Crippen LogP contribution < -0.4 is 10.6 Å². The Morgan fingerprint density at radius 3 is 2.41 bits per heavy atom. The molecule has 2 amide bonds. The fraction of sp³-hybridized carbons (Fsp3) is 0.143. The lowest BCUT2D eigenvalue weighted by molar-refractivity contribution is -0.139. The Bertz CT molecular complexity index is 1440. The Kier molecular flexibility index (Phi) is 8.41. The first-order valence-electron chi connectivity index (χ1n) is 11.4. The van der Waals surface area contributed by atoms with Gasteiger partial charge in [0.15, 0.2) is 0 Å². The van der Waals surface area contributed by atoms with Crippen LogP contribution in [0.2, 0.25) is 0 Å². The Balaban J connectivity index is 2.26. The number of hydrogen-bond donors (Lipinski definition) is 2. The number of anilines is 1. The maximum atomic E-state index is 13.5. The van der Waals surface area contributed by atoms with Gasteiger partial charge in [-0.15, -0.1) is 0 Å². The van der Waals surface area contributed by atoms with Crippen LogP contribution in [0.4, 0.5) is 23.7 Å². The van der Waals surface area contributed by atoms with Gasteiger partial charge < -0.3 is 10.5 Å². The number of urea groups is 1. The number of nitrogens with one attached hydrogen (secondary N) is 1. The van der Waals surface area contributed by atoms with Gasteiger partial charge in [-0.3, -0.25) is 15.2 Å². The molecule has 11 heteroatoms. The molecule has 0 radical (unpaired) electrons. The number of alkyl halides is 3. The van der Waals surface area contributed by atoms with Gasteiger partial charge in [-0.2, -0.15) is 18.4 Å². The second-order valence-corrected chi connectivity index (χ2v) is 8.31. The van der Waals surface area contributed by atoms with Crippen molar-refractivity contribution in [2.45, 2.75) is 19.1 Å². The van der Waals surface area contributed by atoms with Gasteiger partial charge in [0.25, 0.3) is 0 Å². The van der Waals surface area contributed by atoms with E-state index in [4.69, 9.17) is 15.9 Å². The number of guanidine groups is 1. The molecule has 200 valence electrons. The number of rotatable bonds is 7. The highest BCUT2D eigenvalue weighted by atomic mass is 19.4. The zero-order valence-corrected chi connectivity index (χ0v) is 20.8. The summed E-state index contributed by atoms with van der Waals surface area (Å²) in [6.07, 6.45) is -0.183. The first kappa shape index (κ1) is 28.5. The van der Waals surface area contributed by atoms with Crippen molar-refractivity contribution in [1.82, 2.24) is 4.90 Å². The third kappa shape index (κ3) is 5.91. The fourth-order valence-corrected chi connectivity index (χ4v) is 4.07. The molecule has 1 heterocycles. The molecule has 0 aromatic heterocycles. The number of carbonyl (C=O) groups is 2. The molecular formula is C28H24F3N5O3. The molecule has 0 saturated carbocycles. The predicted octanol–water partition coefficient (Wildman–Crippen LogP) is 5.57. The molecule has 3 rings (SSSR count). The molecule has 8 nitrogen and oxygen atoms in total. The summed E-state index contributed by atoms with van der Waals surface area (Å²) in [6.45, 7) is 8.43. The lowest BCUT2D eigenvalue weighted by Gasteiger charge is -2.43. The first-order chi connectivity index (χ1) is 18.4. The number of amides is 2. The zero-order valence-electron chi connectivity index (χ0n) is 20.8. The first-order valence-corrected chi connectivity index (χ1v) is 11.4. The summed E-state index contributed by atoms with van der Waals surface area (Å²) >= 11 is 0. The van der Waals surface area contributed by atoms with Crippen LogP contribution >= 0.6 is 0 Å². The zero-order chi connectivity index (χ0) is 28.9. The van der Waals surface area contributed by atoms with Crippen molar-refractivity contribution in [3.05, 3.63) is 113 Å². The summed E-state index contributed by atoms with van der Waals surface area (Å²) in [5.74, 6) is -1.49. The van der Waals surface area contributed by atoms with Crippen molar-refractivity contribution in [3.63, 3.8) is 0 Å². The van der Waals surface area contributed by atoms with E-state index in [1.54, 1.807) is 6.08 Å². The molecule has 2 aromatic carbocycles. The molecule has 3 N–H and O–H groups in total. The molecule has 2 aromatic rings. The molecule has 0 aliphatic carbocycles. The van der Waals surface area contributed by atoms with Crippen LogP contribution in [0.15, 0.2) is 96.8 Å². The highest BCUT2D eigenvalue weighted by molar-refractivity contribution is 6.10. The quantitative estimate of drug-likeness (QED) is 0.354. The summed E-state index contributed by atoms with van der Waals surface area (Å²) in [7, 11) is 0. The van der Waals surface area contributed by atoms with Gasteiger partial charge in [0.2, 0.25) is 5.96 Å². The summed E-state index contributed by atoms with van der Waals surface area (Å²) in [6, 6.07) is 9.55. The molecule has 39 heavy (non-hydrogen) atoms. The number of nitrogens with zero attached hydrogens (tertiary/aromatic N) is 3. The van der Waals surface area contributed by atoms with Gasteiger partial charge >= 0.3 is 18.2 Å². The van der Waals surface area contributed by atoms with Crippen LogP contribution in [-0.2, 0) is 15.7 Å². The normalized spacial score (nSPS) is 16.0. The number of hydrogen-bond acceptors (Lipinski definition) is 5. The molecular weight excluding hydrogens is 511 g/mol. The van der Waals surface area contributed by atoms with E-state index in [0.29, 0.717) is 16.7 Å². The number of allylic oxidation sites excluding steroid dienone is 3. The molecule has 0 fully saturated rings. The molecule has 0 bridgehead atoms. The minimum atomic E-state index is -4.68.